The van der Waals surface area contributed by atoms with Crippen molar-refractivity contribution in [2.45, 2.75) is 73.1 Å². The van der Waals surface area contributed by atoms with Crippen LogP contribution < -0.4 is 22.1 Å². The third kappa shape index (κ3) is 23.4. The molecule has 5 rings (SSSR count). The number of carbonyl (C=O) groups is 2. The SMILES string of the molecule is C=C(c1ccccc1)c1cc(N)ccc1-c1ccc(N)cc1C.CCCCCl.CCCCl.CCc1ccc(C(=O)NCC[N+](C)(C)CCNC)cc1.Cc1ccc(CCC=O)cc1. The number of alkyl halides is 2. The minimum Gasteiger partial charge on any atom is -0.399 e. The van der Waals surface area contributed by atoms with Gasteiger partial charge in [-0.1, -0.05) is 118 Å². The van der Waals surface area contributed by atoms with E-state index in [1.54, 1.807) is 0 Å². The highest BCUT2D eigenvalue weighted by atomic mass is 35.5. The average Bonchev–Trinajstić information content (AvgIpc) is 3.29. The molecule has 0 bridgehead atoms. The molecular weight excluding hydrogens is 822 g/mol. The molecule has 0 aliphatic carbocycles. The quantitative estimate of drug-likeness (QED) is 0.0322. The van der Waals surface area contributed by atoms with Gasteiger partial charge in [0.25, 0.3) is 5.91 Å². The van der Waals surface area contributed by atoms with E-state index in [0.29, 0.717) is 13.0 Å². The van der Waals surface area contributed by atoms with Gasteiger partial charge in [0, 0.05) is 41.7 Å². The zero-order valence-corrected chi connectivity index (χ0v) is 40.9. The molecule has 63 heavy (non-hydrogen) atoms. The van der Waals surface area contributed by atoms with Crippen molar-refractivity contribution in [1.82, 2.24) is 10.6 Å². The Bertz CT molecular complexity index is 2010. The molecule has 0 saturated carbocycles. The molecule has 0 radical (unpaired) electrons. The lowest BCUT2D eigenvalue weighted by Gasteiger charge is -2.29. The van der Waals surface area contributed by atoms with Crippen molar-refractivity contribution in [3.05, 3.63) is 161 Å². The average molecular weight is 898 g/mol. The Kier molecular flexibility index (Phi) is 29.1. The molecule has 0 heterocycles. The number of nitrogens with zero attached hydrogens (tertiary/aromatic N) is 1. The van der Waals surface area contributed by atoms with Crippen molar-refractivity contribution in [2.75, 3.05) is 70.5 Å². The van der Waals surface area contributed by atoms with Crippen molar-refractivity contribution in [3.8, 4) is 11.1 Å². The van der Waals surface area contributed by atoms with Crippen LogP contribution in [0, 0.1) is 13.8 Å². The van der Waals surface area contributed by atoms with Crippen LogP contribution in [-0.4, -0.2) is 75.8 Å². The summed E-state index contributed by atoms with van der Waals surface area (Å²) in [5, 5.41) is 6.15. The number of likely N-dealkylation sites (N-methyl/N-ethyl adjacent to an activating group) is 2. The molecule has 342 valence electrons. The minimum atomic E-state index is 0.0151. The van der Waals surface area contributed by atoms with E-state index < -0.39 is 0 Å². The predicted molar refractivity (Wildman–Crippen MR) is 276 cm³/mol. The van der Waals surface area contributed by atoms with Gasteiger partial charge >= 0.3 is 0 Å². The van der Waals surface area contributed by atoms with Crippen LogP contribution in [0.1, 0.15) is 90.2 Å². The number of hydrogen-bond acceptors (Lipinski definition) is 5. The smallest absolute Gasteiger partial charge is 0.251 e. The van der Waals surface area contributed by atoms with Crippen molar-refractivity contribution >= 4 is 52.3 Å². The molecule has 0 fully saturated rings. The van der Waals surface area contributed by atoms with E-state index in [0.717, 1.165) is 118 Å². The second-order valence-corrected chi connectivity index (χ2v) is 16.7. The molecule has 0 aliphatic heterocycles. The molecule has 0 unspecified atom stereocenters. The normalized spacial score (nSPS) is 10.3. The van der Waals surface area contributed by atoms with E-state index in [-0.39, 0.29) is 5.91 Å². The summed E-state index contributed by atoms with van der Waals surface area (Å²) in [5.41, 5.74) is 24.4. The van der Waals surface area contributed by atoms with E-state index in [1.807, 2.05) is 80.7 Å². The first-order chi connectivity index (χ1) is 30.2. The maximum absolute atomic E-state index is 12.0. The lowest BCUT2D eigenvalue weighted by molar-refractivity contribution is -0.887. The van der Waals surface area contributed by atoms with Crippen LogP contribution in [0.2, 0.25) is 0 Å². The number of quaternary nitrogens is 1. The van der Waals surface area contributed by atoms with Gasteiger partial charge in [0.1, 0.15) is 6.29 Å². The highest BCUT2D eigenvalue weighted by Crippen LogP contribution is 2.35. The van der Waals surface area contributed by atoms with Gasteiger partial charge in [-0.05, 0) is 127 Å². The number of amides is 1. The summed E-state index contributed by atoms with van der Waals surface area (Å²) in [5.74, 6) is 1.62. The number of hydrogen-bond donors (Lipinski definition) is 4. The fraction of sp³-hybridized carbons (Fsp3) is 0.370. The third-order valence-electron chi connectivity index (χ3n) is 9.97. The monoisotopic (exact) mass is 897 g/mol. The number of nitrogens with one attached hydrogen (secondary N) is 2. The second kappa shape index (κ2) is 32.7. The predicted octanol–water partition coefficient (Wildman–Crippen LogP) is 11.9. The molecule has 7 nitrogen and oxygen atoms in total. The second-order valence-electron chi connectivity index (χ2n) is 15.9. The standard InChI is InChI=1S/C21H20N2.C16H27N3O.C10H12O.C4H9Cl.C3H7Cl/c1-14-12-17(22)8-10-19(14)20-11-9-18(23)13-21(20)15(2)16-6-4-3-5-7-16;1-5-14-6-8-15(9-7-14)16(20)18-11-13-19(3,4)12-10-17-2;1-9-4-6-10(7-5-9)3-2-8-11;1-2-3-4-5;1-2-3-4/h3-13H,2,22-23H2,1H3;6-9,17H,5,10-13H2,1-4H3;4-8H,2-3H2,1H3;2-4H2,1H3;2-3H2,1H3/p+1. The summed E-state index contributed by atoms with van der Waals surface area (Å²) in [4.78, 5) is 22.1. The van der Waals surface area contributed by atoms with Gasteiger partial charge in [0.05, 0.1) is 33.7 Å². The van der Waals surface area contributed by atoms with Crippen molar-refractivity contribution in [1.29, 1.82) is 0 Å². The highest BCUT2D eigenvalue weighted by Gasteiger charge is 2.15. The van der Waals surface area contributed by atoms with Crippen LogP contribution in [-0.2, 0) is 17.6 Å². The Balaban J connectivity index is 0.000000448. The maximum atomic E-state index is 12.0. The summed E-state index contributed by atoms with van der Waals surface area (Å²) < 4.78 is 0.899. The Labute approximate surface area is 390 Å². The van der Waals surface area contributed by atoms with E-state index in [2.05, 4.69) is 108 Å². The first kappa shape index (κ1) is 56.1. The van der Waals surface area contributed by atoms with Crippen LogP contribution >= 0.6 is 23.2 Å². The number of aldehydes is 1. The first-order valence-electron chi connectivity index (χ1n) is 22.2. The number of unbranched alkanes of at least 4 members (excludes halogenated alkanes) is 1. The fourth-order valence-corrected chi connectivity index (χ4v) is 6.20. The lowest BCUT2D eigenvalue weighted by Crippen LogP contribution is -2.48. The fourth-order valence-electron chi connectivity index (χ4n) is 5.94. The van der Waals surface area contributed by atoms with Crippen molar-refractivity contribution < 1.29 is 14.1 Å². The molecule has 1 amide bonds. The van der Waals surface area contributed by atoms with Gasteiger partial charge < -0.3 is 31.4 Å². The number of carbonyl (C=O) groups excluding carboxylic acids is 2. The molecule has 0 aromatic heterocycles. The van der Waals surface area contributed by atoms with Gasteiger partial charge in [0.15, 0.2) is 0 Å². The summed E-state index contributed by atoms with van der Waals surface area (Å²) in [7, 11) is 6.32. The van der Waals surface area contributed by atoms with Crippen LogP contribution in [0.25, 0.3) is 16.7 Å². The van der Waals surface area contributed by atoms with E-state index in [9.17, 15) is 9.59 Å². The Morgan fingerprint density at radius 1 is 0.714 bits per heavy atom. The molecule has 5 aromatic carbocycles. The topological polar surface area (TPSA) is 110 Å². The van der Waals surface area contributed by atoms with Gasteiger partial charge in [-0.25, -0.2) is 0 Å². The number of aryl methyl sites for hydroxylation is 4. The summed E-state index contributed by atoms with van der Waals surface area (Å²) >= 11 is 10.5. The molecule has 6 N–H and O–H groups in total. The zero-order chi connectivity index (χ0) is 47.0. The third-order valence-corrected chi connectivity index (χ3v) is 10.6. The van der Waals surface area contributed by atoms with Crippen LogP contribution in [0.3, 0.4) is 0 Å². The number of halogens is 2. The van der Waals surface area contributed by atoms with Gasteiger partial charge in [-0.15, -0.1) is 23.2 Å². The van der Waals surface area contributed by atoms with Gasteiger partial charge in [0.2, 0.25) is 0 Å². The zero-order valence-electron chi connectivity index (χ0n) is 39.4. The van der Waals surface area contributed by atoms with Gasteiger partial charge in [-0.3, -0.25) is 4.79 Å². The van der Waals surface area contributed by atoms with E-state index in [4.69, 9.17) is 34.7 Å². The van der Waals surface area contributed by atoms with Crippen LogP contribution in [0.4, 0.5) is 11.4 Å². The molecular formula is C54H76Cl2N5O2+. The van der Waals surface area contributed by atoms with Gasteiger partial charge in [-0.2, -0.15) is 0 Å². The first-order valence-corrected chi connectivity index (χ1v) is 23.2. The lowest BCUT2D eigenvalue weighted by atomic mass is 9.89. The largest absolute Gasteiger partial charge is 0.399 e. The maximum Gasteiger partial charge on any atom is 0.251 e. The van der Waals surface area contributed by atoms with Crippen LogP contribution in [0.15, 0.2) is 122 Å². The Morgan fingerprint density at radius 2 is 1.29 bits per heavy atom. The molecule has 0 saturated heterocycles. The summed E-state index contributed by atoms with van der Waals surface area (Å²) in [6.07, 6.45) is 6.90. The number of benzene rings is 5. The molecule has 5 aromatic rings. The number of rotatable bonds is 17. The van der Waals surface area contributed by atoms with Crippen LogP contribution in [0.5, 0.6) is 0 Å². The molecule has 0 spiro atoms. The Hall–Kier alpha value is -4.92. The van der Waals surface area contributed by atoms with Crippen molar-refractivity contribution in [3.63, 3.8) is 0 Å². The molecule has 0 atom stereocenters. The highest BCUT2D eigenvalue weighted by molar-refractivity contribution is 6.18. The minimum absolute atomic E-state index is 0.0151. The number of anilines is 2. The van der Waals surface area contributed by atoms with E-state index >= 15 is 0 Å². The Morgan fingerprint density at radius 3 is 1.79 bits per heavy atom. The van der Waals surface area contributed by atoms with E-state index in [1.165, 1.54) is 23.1 Å². The summed E-state index contributed by atoms with van der Waals surface area (Å²) in [6, 6.07) is 38.2. The number of nitrogens with two attached hydrogens (primary N) is 2. The molecule has 0 aliphatic rings. The molecule has 9 heteroatoms. The number of nitrogen functional groups attached to an aromatic ring is 2. The summed E-state index contributed by atoms with van der Waals surface area (Å²) in [6.45, 7) is 18.4. The van der Waals surface area contributed by atoms with Crippen molar-refractivity contribution in [2.24, 2.45) is 0 Å².